The highest BCUT2D eigenvalue weighted by Gasteiger charge is 2.54. The van der Waals surface area contributed by atoms with Crippen molar-refractivity contribution < 1.29 is 60.5 Å². The van der Waals surface area contributed by atoms with Gasteiger partial charge in [0.15, 0.2) is 24.5 Å². The minimum absolute atomic E-state index is 0.0343. The summed E-state index contributed by atoms with van der Waals surface area (Å²) in [5.41, 5.74) is -3.26. The largest absolute Gasteiger partial charge is 0.463 e. The van der Waals surface area contributed by atoms with Crippen molar-refractivity contribution in [3.63, 3.8) is 0 Å². The van der Waals surface area contributed by atoms with Crippen LogP contribution in [-0.4, -0.2) is 77.8 Å². The number of halogens is 1. The van der Waals surface area contributed by atoms with Crippen molar-refractivity contribution >= 4 is 45.5 Å². The van der Waals surface area contributed by atoms with Crippen molar-refractivity contribution in [2.24, 2.45) is 0 Å². The predicted octanol–water partition coefficient (Wildman–Crippen LogP) is -0.400. The number of carbonyl (C=O) groups excluding carboxylic acids is 5. The molecule has 1 amide bonds. The maximum Gasteiger partial charge on any atom is 0.347 e. The molecule has 0 spiro atoms. The van der Waals surface area contributed by atoms with Crippen LogP contribution < -0.4 is 16.6 Å². The first kappa shape index (κ1) is 34.6. The normalized spacial score (nSPS) is 21.2. The number of rotatable bonds is 9. The van der Waals surface area contributed by atoms with Gasteiger partial charge in [-0.15, -0.1) is 0 Å². The maximum absolute atomic E-state index is 15.1. The zero-order valence-corrected chi connectivity index (χ0v) is 25.2. The SMILES string of the molecule is CC(=O)Nc1ccc(S(=O)(=O)n2cc(F)c(=O)n([C@@H]3O[C@H](COC(C)=O)[C@@H](OC(C)=O)[C@H](OC(C)=O)[C@H]3OC(C)=O)c2=O)cc1. The Morgan fingerprint density at radius 1 is 0.844 bits per heavy atom. The molecule has 17 nitrogen and oxygen atoms in total. The number of hydrogen-bond acceptors (Lipinski definition) is 14. The standard InChI is InChI=1S/C26H28FN3O14S/c1-12(31)28-17-6-8-18(9-7-17)45(38,39)29-10-19(27)24(36)30(26(29)37)25-23(43-16(5)35)22(42-15(4)34)21(41-14(3)33)20(44-25)11-40-13(2)32/h6-10,20-23,25H,11H2,1-5H3,(H,28,31)/t20-,21-,22+,23-,25-/m1/s1. The molecule has 1 fully saturated rings. The Hall–Kier alpha value is -4.91. The number of ether oxygens (including phenoxy) is 5. The molecule has 2 heterocycles. The number of benzene rings is 1. The van der Waals surface area contributed by atoms with E-state index in [-0.39, 0.29) is 20.4 Å². The fourth-order valence-electron chi connectivity index (χ4n) is 4.36. The average Bonchev–Trinajstić information content (AvgIpc) is 2.91. The van der Waals surface area contributed by atoms with E-state index in [9.17, 15) is 42.0 Å². The molecule has 1 N–H and O–H groups in total. The fraction of sp³-hybridized carbons (Fsp3) is 0.423. The number of nitrogens with one attached hydrogen (secondary N) is 1. The van der Waals surface area contributed by atoms with Crippen molar-refractivity contribution in [1.29, 1.82) is 0 Å². The van der Waals surface area contributed by atoms with Gasteiger partial charge < -0.3 is 29.0 Å². The minimum Gasteiger partial charge on any atom is -0.463 e. The van der Waals surface area contributed by atoms with Gasteiger partial charge in [-0.25, -0.2) is 17.8 Å². The maximum atomic E-state index is 15.1. The Morgan fingerprint density at radius 2 is 1.38 bits per heavy atom. The summed E-state index contributed by atoms with van der Waals surface area (Å²) in [4.78, 5) is 85.2. The van der Waals surface area contributed by atoms with E-state index in [2.05, 4.69) is 5.32 Å². The van der Waals surface area contributed by atoms with Crippen LogP contribution in [-0.2, 0) is 57.7 Å². The van der Waals surface area contributed by atoms with Gasteiger partial charge >= 0.3 is 29.6 Å². The molecular weight excluding hydrogens is 629 g/mol. The first-order chi connectivity index (χ1) is 20.9. The van der Waals surface area contributed by atoms with Crippen LogP contribution in [0.3, 0.4) is 0 Å². The van der Waals surface area contributed by atoms with Gasteiger partial charge in [0.05, 0.1) is 11.1 Å². The minimum atomic E-state index is -4.95. The first-order valence-electron chi connectivity index (χ1n) is 12.9. The van der Waals surface area contributed by atoms with Crippen molar-refractivity contribution in [2.45, 2.75) is 70.2 Å². The number of nitrogens with zero attached hydrogens (tertiary/aromatic N) is 2. The zero-order chi connectivity index (χ0) is 33.8. The molecule has 3 rings (SSSR count). The number of carbonyl (C=O) groups is 5. The molecule has 2 aromatic rings. The lowest BCUT2D eigenvalue weighted by molar-refractivity contribution is -0.269. The molecule has 45 heavy (non-hydrogen) atoms. The third-order valence-corrected chi connectivity index (χ3v) is 7.65. The monoisotopic (exact) mass is 657 g/mol. The zero-order valence-electron chi connectivity index (χ0n) is 24.4. The Morgan fingerprint density at radius 3 is 1.89 bits per heavy atom. The molecule has 0 radical (unpaired) electrons. The quantitative estimate of drug-likeness (QED) is 0.268. The van der Waals surface area contributed by atoms with E-state index >= 15 is 4.39 Å². The van der Waals surface area contributed by atoms with E-state index in [0.29, 0.717) is 0 Å². The number of amides is 1. The summed E-state index contributed by atoms with van der Waals surface area (Å²) >= 11 is 0. The van der Waals surface area contributed by atoms with Crippen molar-refractivity contribution in [3.05, 3.63) is 57.1 Å². The molecule has 1 aliphatic rings. The molecule has 19 heteroatoms. The fourth-order valence-corrected chi connectivity index (χ4v) is 5.59. The van der Waals surface area contributed by atoms with E-state index in [1.54, 1.807) is 0 Å². The molecule has 0 aliphatic carbocycles. The van der Waals surface area contributed by atoms with Crippen molar-refractivity contribution in [3.8, 4) is 0 Å². The van der Waals surface area contributed by atoms with E-state index in [1.807, 2.05) is 0 Å². The molecule has 5 atom stereocenters. The van der Waals surface area contributed by atoms with Crippen LogP contribution in [0.4, 0.5) is 10.1 Å². The Bertz CT molecular complexity index is 1730. The Balaban J connectivity index is 2.27. The summed E-state index contributed by atoms with van der Waals surface area (Å²) in [6.45, 7) is 4.25. The first-order valence-corrected chi connectivity index (χ1v) is 14.4. The van der Waals surface area contributed by atoms with Crippen LogP contribution in [0.5, 0.6) is 0 Å². The lowest BCUT2D eigenvalue weighted by atomic mass is 9.97. The smallest absolute Gasteiger partial charge is 0.347 e. The van der Waals surface area contributed by atoms with Gasteiger partial charge in [0.1, 0.15) is 12.7 Å². The third-order valence-electron chi connectivity index (χ3n) is 6.00. The van der Waals surface area contributed by atoms with Crippen LogP contribution in [0.15, 0.2) is 44.9 Å². The molecule has 1 aromatic heterocycles. The van der Waals surface area contributed by atoms with Crippen LogP contribution in [0.1, 0.15) is 40.8 Å². The summed E-state index contributed by atoms with van der Waals surface area (Å²) in [6.07, 6.45) is -9.31. The molecule has 0 unspecified atom stereocenters. The lowest BCUT2D eigenvalue weighted by Crippen LogP contribution is -2.63. The van der Waals surface area contributed by atoms with Gasteiger partial charge in [-0.3, -0.25) is 28.8 Å². The van der Waals surface area contributed by atoms with E-state index < -0.39 is 99.0 Å². The number of esters is 4. The van der Waals surface area contributed by atoms with E-state index in [1.165, 1.54) is 19.1 Å². The molecule has 1 aliphatic heterocycles. The summed E-state index contributed by atoms with van der Waals surface area (Å²) in [5.74, 6) is -6.18. The highest BCUT2D eigenvalue weighted by atomic mass is 32.2. The van der Waals surface area contributed by atoms with Crippen LogP contribution in [0.2, 0.25) is 0 Å². The second-order valence-corrected chi connectivity index (χ2v) is 11.3. The summed E-state index contributed by atoms with van der Waals surface area (Å²) < 4.78 is 68.2. The molecule has 1 saturated heterocycles. The topological polar surface area (TPSA) is 222 Å². The number of aromatic nitrogens is 2. The molecule has 0 bridgehead atoms. The number of anilines is 1. The summed E-state index contributed by atoms with van der Waals surface area (Å²) in [6, 6.07) is 4.36. The van der Waals surface area contributed by atoms with Gasteiger partial charge in [-0.2, -0.15) is 8.36 Å². The van der Waals surface area contributed by atoms with Crippen LogP contribution in [0, 0.1) is 5.82 Å². The third kappa shape index (κ3) is 7.98. The molecule has 244 valence electrons. The van der Waals surface area contributed by atoms with Gasteiger partial charge in [0.2, 0.25) is 11.7 Å². The van der Waals surface area contributed by atoms with Crippen molar-refractivity contribution in [2.75, 3.05) is 11.9 Å². The molecule has 0 saturated carbocycles. The van der Waals surface area contributed by atoms with E-state index in [0.717, 1.165) is 39.8 Å². The molecular formula is C26H28FN3O14S. The number of hydrogen-bond donors (Lipinski definition) is 1. The summed E-state index contributed by atoms with van der Waals surface area (Å²) in [7, 11) is -4.95. The van der Waals surface area contributed by atoms with Crippen LogP contribution >= 0.6 is 0 Å². The average molecular weight is 658 g/mol. The van der Waals surface area contributed by atoms with Gasteiger partial charge in [-0.05, 0) is 24.3 Å². The van der Waals surface area contributed by atoms with E-state index in [4.69, 9.17) is 23.7 Å². The summed E-state index contributed by atoms with van der Waals surface area (Å²) in [5, 5.41) is 2.41. The van der Waals surface area contributed by atoms with Crippen molar-refractivity contribution in [1.82, 2.24) is 8.54 Å². The molecule has 1 aromatic carbocycles. The van der Waals surface area contributed by atoms with Gasteiger partial charge in [0, 0.05) is 40.3 Å². The van der Waals surface area contributed by atoms with Crippen LogP contribution in [0.25, 0.3) is 0 Å². The highest BCUT2D eigenvalue weighted by molar-refractivity contribution is 7.90. The Labute approximate surface area is 253 Å². The van der Waals surface area contributed by atoms with Gasteiger partial charge in [0.25, 0.3) is 15.6 Å². The Kier molecular flexibility index (Phi) is 10.6. The highest BCUT2D eigenvalue weighted by Crippen LogP contribution is 2.34. The lowest BCUT2D eigenvalue weighted by Gasteiger charge is -2.44. The second kappa shape index (κ2) is 13.8. The van der Waals surface area contributed by atoms with Gasteiger partial charge in [-0.1, -0.05) is 0 Å². The second-order valence-electron chi connectivity index (χ2n) is 9.53. The predicted molar refractivity (Wildman–Crippen MR) is 145 cm³/mol.